The Bertz CT molecular complexity index is 291. The van der Waals surface area contributed by atoms with Gasteiger partial charge in [0.15, 0.2) is 0 Å². The summed E-state index contributed by atoms with van der Waals surface area (Å²) in [4.78, 5) is 8.11. The Kier molecular flexibility index (Phi) is 4.32. The molecule has 1 aromatic rings. The molecule has 0 spiro atoms. The second kappa shape index (κ2) is 5.75. The highest BCUT2D eigenvalue weighted by Crippen LogP contribution is 2.29. The molecule has 2 N–H and O–H groups in total. The van der Waals surface area contributed by atoms with Gasteiger partial charge in [0.25, 0.3) is 0 Å². The number of nitrogens with two attached hydrogens (primary N) is 1. The molecule has 90 valence electrons. The van der Waals surface area contributed by atoms with Crippen LogP contribution >= 0.6 is 11.3 Å². The summed E-state index contributed by atoms with van der Waals surface area (Å²) in [6, 6.07) is 0.534. The minimum atomic E-state index is 0.534. The normalized spacial score (nSPS) is 21.1. The van der Waals surface area contributed by atoms with Crippen LogP contribution in [-0.2, 0) is 0 Å². The third kappa shape index (κ3) is 2.81. The molecule has 16 heavy (non-hydrogen) atoms. The van der Waals surface area contributed by atoms with Crippen molar-refractivity contribution >= 4 is 11.3 Å². The molecule has 1 fully saturated rings. The van der Waals surface area contributed by atoms with Crippen LogP contribution in [0.15, 0.2) is 11.7 Å². The van der Waals surface area contributed by atoms with Crippen molar-refractivity contribution in [1.82, 2.24) is 9.88 Å². The van der Waals surface area contributed by atoms with Crippen LogP contribution in [0.2, 0.25) is 0 Å². The van der Waals surface area contributed by atoms with Gasteiger partial charge in [0.05, 0.1) is 5.51 Å². The van der Waals surface area contributed by atoms with Gasteiger partial charge in [0.2, 0.25) is 0 Å². The van der Waals surface area contributed by atoms with Crippen molar-refractivity contribution in [3.05, 3.63) is 16.6 Å². The lowest BCUT2D eigenvalue weighted by Gasteiger charge is -2.35. The number of hydrogen-bond donors (Lipinski definition) is 1. The Balaban J connectivity index is 1.84. The van der Waals surface area contributed by atoms with Gasteiger partial charge in [-0.15, -0.1) is 11.3 Å². The Labute approximate surface area is 102 Å². The lowest BCUT2D eigenvalue weighted by atomic mass is 9.93. The summed E-state index contributed by atoms with van der Waals surface area (Å²) in [6.45, 7) is 5.55. The largest absolute Gasteiger partial charge is 0.330 e. The molecule has 0 aromatic carbocycles. The molecule has 4 heteroatoms. The number of thiazole rings is 1. The van der Waals surface area contributed by atoms with Gasteiger partial charge < -0.3 is 5.73 Å². The van der Waals surface area contributed by atoms with Crippen LogP contribution in [0, 0.1) is 5.92 Å². The van der Waals surface area contributed by atoms with Gasteiger partial charge in [-0.1, -0.05) is 0 Å². The second-order valence-corrected chi connectivity index (χ2v) is 5.55. The first-order valence-corrected chi connectivity index (χ1v) is 7.01. The second-order valence-electron chi connectivity index (χ2n) is 4.64. The van der Waals surface area contributed by atoms with E-state index in [2.05, 4.69) is 16.8 Å². The predicted octanol–water partition coefficient (Wildman–Crippen LogP) is 2.26. The van der Waals surface area contributed by atoms with Crippen LogP contribution in [0.5, 0.6) is 0 Å². The molecule has 0 amide bonds. The number of aromatic nitrogens is 1. The van der Waals surface area contributed by atoms with Crippen LogP contribution in [0.1, 0.15) is 37.1 Å². The van der Waals surface area contributed by atoms with Crippen molar-refractivity contribution in [2.24, 2.45) is 11.7 Å². The Hall–Kier alpha value is -0.450. The standard InChI is InChI=1S/C12H21N3S/c1-10(12-8-14-9-16-12)15-6-3-11(2-5-13)4-7-15/h8-11H,2-7,13H2,1H3. The Morgan fingerprint density at radius 3 is 2.88 bits per heavy atom. The number of hydrogen-bond acceptors (Lipinski definition) is 4. The molecular weight excluding hydrogens is 218 g/mol. The molecule has 1 aliphatic heterocycles. The van der Waals surface area contributed by atoms with Crippen LogP contribution in [0.3, 0.4) is 0 Å². The van der Waals surface area contributed by atoms with Gasteiger partial charge in [-0.2, -0.15) is 0 Å². The molecule has 1 saturated heterocycles. The molecule has 0 bridgehead atoms. The first-order valence-electron chi connectivity index (χ1n) is 6.13. The van der Waals surface area contributed by atoms with E-state index in [1.54, 1.807) is 11.3 Å². The van der Waals surface area contributed by atoms with Gasteiger partial charge in [-0.3, -0.25) is 9.88 Å². The van der Waals surface area contributed by atoms with Gasteiger partial charge in [0, 0.05) is 17.1 Å². The van der Waals surface area contributed by atoms with Crippen LogP contribution in [-0.4, -0.2) is 29.5 Å². The summed E-state index contributed by atoms with van der Waals surface area (Å²) < 4.78 is 0. The minimum Gasteiger partial charge on any atom is -0.330 e. The van der Waals surface area contributed by atoms with Crippen molar-refractivity contribution in [2.45, 2.75) is 32.2 Å². The molecule has 1 aromatic heterocycles. The monoisotopic (exact) mass is 239 g/mol. The quantitative estimate of drug-likeness (QED) is 0.876. The fourth-order valence-corrected chi connectivity index (χ4v) is 3.19. The molecule has 1 atom stereocenters. The van der Waals surface area contributed by atoms with Gasteiger partial charge in [-0.25, -0.2) is 0 Å². The van der Waals surface area contributed by atoms with Crippen molar-refractivity contribution in [3.8, 4) is 0 Å². The summed E-state index contributed by atoms with van der Waals surface area (Å²) in [6.07, 6.45) is 5.81. The summed E-state index contributed by atoms with van der Waals surface area (Å²) in [5, 5.41) is 0. The molecule has 0 radical (unpaired) electrons. The Morgan fingerprint density at radius 2 is 2.31 bits per heavy atom. The van der Waals surface area contributed by atoms with E-state index in [4.69, 9.17) is 5.73 Å². The number of likely N-dealkylation sites (tertiary alicyclic amines) is 1. The van der Waals surface area contributed by atoms with Gasteiger partial charge in [-0.05, 0) is 51.7 Å². The van der Waals surface area contributed by atoms with Gasteiger partial charge >= 0.3 is 0 Å². The van der Waals surface area contributed by atoms with Crippen molar-refractivity contribution in [1.29, 1.82) is 0 Å². The van der Waals surface area contributed by atoms with Crippen molar-refractivity contribution in [2.75, 3.05) is 19.6 Å². The van der Waals surface area contributed by atoms with E-state index in [0.717, 1.165) is 12.5 Å². The molecule has 1 aliphatic rings. The average Bonchev–Trinajstić information content (AvgIpc) is 2.83. The zero-order valence-electron chi connectivity index (χ0n) is 9.93. The van der Waals surface area contributed by atoms with E-state index in [1.165, 1.54) is 37.2 Å². The van der Waals surface area contributed by atoms with E-state index in [9.17, 15) is 0 Å². The third-order valence-corrected chi connectivity index (χ3v) is 4.58. The van der Waals surface area contributed by atoms with Crippen molar-refractivity contribution < 1.29 is 0 Å². The molecule has 0 aliphatic carbocycles. The summed E-state index contributed by atoms with van der Waals surface area (Å²) >= 11 is 1.76. The summed E-state index contributed by atoms with van der Waals surface area (Å²) in [5.74, 6) is 0.856. The first-order chi connectivity index (χ1) is 7.81. The Morgan fingerprint density at radius 1 is 1.56 bits per heavy atom. The lowest BCUT2D eigenvalue weighted by molar-refractivity contribution is 0.140. The zero-order valence-corrected chi connectivity index (χ0v) is 10.7. The van der Waals surface area contributed by atoms with E-state index < -0.39 is 0 Å². The number of rotatable bonds is 4. The van der Waals surface area contributed by atoms with Crippen LogP contribution in [0.25, 0.3) is 0 Å². The summed E-state index contributed by atoms with van der Waals surface area (Å²) in [7, 11) is 0. The van der Waals surface area contributed by atoms with E-state index in [0.29, 0.717) is 6.04 Å². The highest BCUT2D eigenvalue weighted by Gasteiger charge is 2.23. The molecule has 1 unspecified atom stereocenters. The highest BCUT2D eigenvalue weighted by molar-refractivity contribution is 7.09. The molecular formula is C12H21N3S. The van der Waals surface area contributed by atoms with Gasteiger partial charge in [0.1, 0.15) is 0 Å². The van der Waals surface area contributed by atoms with E-state index >= 15 is 0 Å². The molecule has 0 saturated carbocycles. The third-order valence-electron chi connectivity index (χ3n) is 3.63. The maximum absolute atomic E-state index is 5.61. The summed E-state index contributed by atoms with van der Waals surface area (Å²) in [5.41, 5.74) is 7.53. The predicted molar refractivity (Wildman–Crippen MR) is 68.5 cm³/mol. The highest BCUT2D eigenvalue weighted by atomic mass is 32.1. The number of piperidine rings is 1. The maximum Gasteiger partial charge on any atom is 0.0794 e. The van der Waals surface area contributed by atoms with E-state index in [-0.39, 0.29) is 0 Å². The number of nitrogens with zero attached hydrogens (tertiary/aromatic N) is 2. The molecule has 2 rings (SSSR count). The SMILES string of the molecule is CC(c1cncs1)N1CCC(CCN)CC1. The zero-order chi connectivity index (χ0) is 11.4. The fourth-order valence-electron chi connectivity index (χ4n) is 2.48. The topological polar surface area (TPSA) is 42.2 Å². The van der Waals surface area contributed by atoms with Crippen LogP contribution < -0.4 is 5.73 Å². The van der Waals surface area contributed by atoms with Crippen molar-refractivity contribution in [3.63, 3.8) is 0 Å². The molecule has 2 heterocycles. The average molecular weight is 239 g/mol. The fraction of sp³-hybridized carbons (Fsp3) is 0.750. The first kappa shape index (κ1) is 12.0. The van der Waals surface area contributed by atoms with Crippen LogP contribution in [0.4, 0.5) is 0 Å². The molecule has 3 nitrogen and oxygen atoms in total. The maximum atomic E-state index is 5.61. The van der Waals surface area contributed by atoms with E-state index in [1.807, 2.05) is 11.7 Å². The minimum absolute atomic E-state index is 0.534. The smallest absolute Gasteiger partial charge is 0.0794 e. The lowest BCUT2D eigenvalue weighted by Crippen LogP contribution is -2.35.